The molecule has 2 aliphatic rings. The Kier molecular flexibility index (Phi) is 4.34. The van der Waals surface area contributed by atoms with Crippen LogP contribution in [0, 0.1) is 0 Å². The quantitative estimate of drug-likeness (QED) is 0.877. The molecule has 4 rings (SSSR count). The summed E-state index contributed by atoms with van der Waals surface area (Å²) in [6.07, 6.45) is 1.72. The molecule has 0 unspecified atom stereocenters. The molecule has 2 heterocycles. The number of fused-ring (bicyclic) bond motifs is 1. The molecular weight excluding hydrogens is 340 g/mol. The third-order valence-electron chi connectivity index (χ3n) is 5.41. The molecule has 2 N–H and O–H groups in total. The number of alkyl halides is 2. The number of carbonyl (C=O) groups is 1. The Morgan fingerprint density at radius 3 is 2.62 bits per heavy atom. The molecule has 0 bridgehead atoms. The van der Waals surface area contributed by atoms with Crippen LogP contribution in [0.15, 0.2) is 24.4 Å². The highest BCUT2D eigenvalue weighted by Crippen LogP contribution is 2.39. The standard InChI is InChI=1S/C19H21F2N3O2/c20-18(21)19(26)7-5-14(6-8-19)23-17(25)13-9-12-3-4-15(11-1-2-11)24-16(12)22-10-13/h3-4,9-11,14,18,26H,1-2,5-8H2,(H,23,25)/t14-,19-. The van der Waals surface area contributed by atoms with Gasteiger partial charge >= 0.3 is 0 Å². The maximum atomic E-state index is 12.8. The molecule has 2 fully saturated rings. The number of rotatable bonds is 4. The van der Waals surface area contributed by atoms with Crippen LogP contribution in [0.25, 0.3) is 11.0 Å². The summed E-state index contributed by atoms with van der Waals surface area (Å²) in [6.45, 7) is 0. The molecule has 26 heavy (non-hydrogen) atoms. The second-order valence-electron chi connectivity index (χ2n) is 7.43. The van der Waals surface area contributed by atoms with Crippen molar-refractivity contribution >= 4 is 16.9 Å². The lowest BCUT2D eigenvalue weighted by atomic mass is 9.82. The molecule has 0 saturated heterocycles. The smallest absolute Gasteiger partial charge is 0.266 e. The van der Waals surface area contributed by atoms with Gasteiger partial charge < -0.3 is 10.4 Å². The van der Waals surface area contributed by atoms with E-state index in [9.17, 15) is 18.7 Å². The van der Waals surface area contributed by atoms with Crippen molar-refractivity contribution in [3.63, 3.8) is 0 Å². The van der Waals surface area contributed by atoms with Crippen LogP contribution in [-0.4, -0.2) is 39.1 Å². The van der Waals surface area contributed by atoms with E-state index in [4.69, 9.17) is 0 Å². The van der Waals surface area contributed by atoms with Crippen LogP contribution < -0.4 is 5.32 Å². The first-order chi connectivity index (χ1) is 12.4. The lowest BCUT2D eigenvalue weighted by Crippen LogP contribution is -2.46. The lowest BCUT2D eigenvalue weighted by molar-refractivity contribution is -0.119. The molecule has 2 aromatic heterocycles. The van der Waals surface area contributed by atoms with E-state index in [0.717, 1.165) is 11.1 Å². The number of pyridine rings is 2. The van der Waals surface area contributed by atoms with Crippen molar-refractivity contribution in [3.05, 3.63) is 35.7 Å². The Balaban J connectivity index is 1.42. The lowest BCUT2D eigenvalue weighted by Gasteiger charge is -2.35. The molecule has 2 aliphatic carbocycles. The number of halogens is 2. The molecule has 2 saturated carbocycles. The number of nitrogens with zero attached hydrogens (tertiary/aromatic N) is 2. The zero-order valence-electron chi connectivity index (χ0n) is 14.3. The first kappa shape index (κ1) is 17.3. The van der Waals surface area contributed by atoms with Gasteiger partial charge in [0, 0.05) is 29.2 Å². The first-order valence-corrected chi connectivity index (χ1v) is 9.03. The fraction of sp³-hybridized carbons (Fsp3) is 0.526. The van der Waals surface area contributed by atoms with Gasteiger partial charge in [0.1, 0.15) is 5.60 Å². The zero-order chi connectivity index (χ0) is 18.3. The molecule has 7 heteroatoms. The number of carbonyl (C=O) groups excluding carboxylic acids is 1. The molecule has 0 atom stereocenters. The molecule has 0 spiro atoms. The minimum absolute atomic E-state index is 0.0144. The van der Waals surface area contributed by atoms with Crippen molar-refractivity contribution < 1.29 is 18.7 Å². The second kappa shape index (κ2) is 6.54. The highest BCUT2D eigenvalue weighted by Gasteiger charge is 2.41. The average molecular weight is 361 g/mol. The van der Waals surface area contributed by atoms with Gasteiger partial charge in [0.15, 0.2) is 5.65 Å². The van der Waals surface area contributed by atoms with Crippen molar-refractivity contribution in [1.82, 2.24) is 15.3 Å². The Bertz CT molecular complexity index is 831. The largest absolute Gasteiger partial charge is 0.384 e. The van der Waals surface area contributed by atoms with Gasteiger partial charge in [-0.25, -0.2) is 18.7 Å². The Morgan fingerprint density at radius 2 is 1.96 bits per heavy atom. The summed E-state index contributed by atoms with van der Waals surface area (Å²) in [5, 5.41) is 13.5. The van der Waals surface area contributed by atoms with Crippen LogP contribution in [0.2, 0.25) is 0 Å². The number of aromatic nitrogens is 2. The first-order valence-electron chi connectivity index (χ1n) is 9.03. The Hall–Kier alpha value is -2.15. The third kappa shape index (κ3) is 3.40. The van der Waals surface area contributed by atoms with Gasteiger partial charge in [-0.2, -0.15) is 0 Å². The summed E-state index contributed by atoms with van der Waals surface area (Å²) in [4.78, 5) is 21.3. The van der Waals surface area contributed by atoms with E-state index in [0.29, 0.717) is 30.0 Å². The molecule has 138 valence electrons. The van der Waals surface area contributed by atoms with Gasteiger partial charge in [-0.15, -0.1) is 0 Å². The van der Waals surface area contributed by atoms with Crippen molar-refractivity contribution in [2.24, 2.45) is 0 Å². The Labute approximate surface area is 149 Å². The summed E-state index contributed by atoms with van der Waals surface area (Å²) in [6, 6.07) is 5.45. The van der Waals surface area contributed by atoms with E-state index in [1.165, 1.54) is 19.0 Å². The minimum atomic E-state index is -2.75. The van der Waals surface area contributed by atoms with Crippen molar-refractivity contribution in [1.29, 1.82) is 0 Å². The summed E-state index contributed by atoms with van der Waals surface area (Å²) < 4.78 is 25.7. The van der Waals surface area contributed by atoms with Gasteiger partial charge in [0.2, 0.25) is 0 Å². The van der Waals surface area contributed by atoms with E-state index in [2.05, 4.69) is 15.3 Å². The molecule has 1 amide bonds. The van der Waals surface area contributed by atoms with Gasteiger partial charge in [-0.1, -0.05) is 0 Å². The summed E-state index contributed by atoms with van der Waals surface area (Å²) >= 11 is 0. The number of nitrogens with one attached hydrogen (secondary N) is 1. The fourth-order valence-corrected chi connectivity index (χ4v) is 3.50. The van der Waals surface area contributed by atoms with Crippen molar-refractivity contribution in [2.75, 3.05) is 0 Å². The maximum Gasteiger partial charge on any atom is 0.266 e. The van der Waals surface area contributed by atoms with Crippen LogP contribution >= 0.6 is 0 Å². The van der Waals surface area contributed by atoms with Crippen molar-refractivity contribution in [3.8, 4) is 0 Å². The van der Waals surface area contributed by atoms with Crippen LogP contribution in [0.1, 0.15) is 60.5 Å². The average Bonchev–Trinajstić information content (AvgIpc) is 3.48. The zero-order valence-corrected chi connectivity index (χ0v) is 14.3. The van der Waals surface area contributed by atoms with E-state index < -0.39 is 12.0 Å². The van der Waals surface area contributed by atoms with Crippen LogP contribution in [-0.2, 0) is 0 Å². The number of amides is 1. The highest BCUT2D eigenvalue weighted by molar-refractivity contribution is 5.97. The van der Waals surface area contributed by atoms with Gasteiger partial charge in [0.25, 0.3) is 12.3 Å². The summed E-state index contributed by atoms with van der Waals surface area (Å²) in [5.41, 5.74) is 0.186. The van der Waals surface area contributed by atoms with Crippen LogP contribution in [0.5, 0.6) is 0 Å². The van der Waals surface area contributed by atoms with Gasteiger partial charge in [-0.3, -0.25) is 4.79 Å². The topological polar surface area (TPSA) is 75.1 Å². The minimum Gasteiger partial charge on any atom is -0.384 e. The summed E-state index contributed by atoms with van der Waals surface area (Å²) in [7, 11) is 0. The molecule has 0 radical (unpaired) electrons. The van der Waals surface area contributed by atoms with Crippen LogP contribution in [0.4, 0.5) is 8.78 Å². The number of hydrogen-bond donors (Lipinski definition) is 2. The van der Waals surface area contributed by atoms with E-state index in [1.807, 2.05) is 12.1 Å². The maximum absolute atomic E-state index is 12.8. The van der Waals surface area contributed by atoms with E-state index in [1.54, 1.807) is 6.07 Å². The van der Waals surface area contributed by atoms with Crippen molar-refractivity contribution in [2.45, 2.75) is 62.5 Å². The molecule has 0 aromatic carbocycles. The summed E-state index contributed by atoms with van der Waals surface area (Å²) in [5.74, 6) is 0.264. The fourth-order valence-electron chi connectivity index (χ4n) is 3.50. The second-order valence-corrected chi connectivity index (χ2v) is 7.43. The van der Waals surface area contributed by atoms with E-state index in [-0.39, 0.29) is 24.8 Å². The normalized spacial score (nSPS) is 26.2. The van der Waals surface area contributed by atoms with E-state index >= 15 is 0 Å². The van der Waals surface area contributed by atoms with Gasteiger partial charge in [-0.05, 0) is 56.7 Å². The SMILES string of the molecule is O=C(N[C@H]1CC[C@@](O)(C(F)F)CC1)c1cnc2nc(C3CC3)ccc2c1. The Morgan fingerprint density at radius 1 is 1.23 bits per heavy atom. The molecule has 5 nitrogen and oxygen atoms in total. The molecular formula is C19H21F2N3O2. The highest BCUT2D eigenvalue weighted by atomic mass is 19.3. The molecule has 0 aliphatic heterocycles. The number of aliphatic hydroxyl groups is 1. The predicted octanol–water partition coefficient (Wildman–Crippen LogP) is 3.18. The predicted molar refractivity (Wildman–Crippen MR) is 92.2 cm³/mol. The van der Waals surface area contributed by atoms with Gasteiger partial charge in [0.05, 0.1) is 5.56 Å². The monoisotopic (exact) mass is 361 g/mol. The number of hydrogen-bond acceptors (Lipinski definition) is 4. The molecule has 2 aromatic rings. The van der Waals surface area contributed by atoms with Crippen LogP contribution in [0.3, 0.4) is 0 Å². The third-order valence-corrected chi connectivity index (χ3v) is 5.41.